The number of hydrogen-bond acceptors (Lipinski definition) is 5. The number of rotatable bonds is 5. The lowest BCUT2D eigenvalue weighted by atomic mass is 9.80. The van der Waals surface area contributed by atoms with Gasteiger partial charge in [-0.3, -0.25) is 19.5 Å². The van der Waals surface area contributed by atoms with E-state index in [2.05, 4.69) is 21.6 Å². The van der Waals surface area contributed by atoms with Gasteiger partial charge >= 0.3 is 0 Å². The molecule has 9 nitrogen and oxygen atoms in total. The van der Waals surface area contributed by atoms with E-state index in [0.717, 1.165) is 16.5 Å². The van der Waals surface area contributed by atoms with Crippen LogP contribution in [0, 0.1) is 17.2 Å². The Hall–Kier alpha value is -4.19. The molecule has 1 saturated heterocycles. The number of benzene rings is 2. The minimum Gasteiger partial charge on any atom is -0.330 e. The lowest BCUT2D eigenvalue weighted by molar-refractivity contribution is -0.136. The number of likely N-dealkylation sites (tertiary alicyclic amines) is 1. The second-order valence-corrected chi connectivity index (χ2v) is 10.1. The van der Waals surface area contributed by atoms with Gasteiger partial charge in [-0.2, -0.15) is 10.4 Å². The number of nitriles is 1. The molecule has 1 spiro atoms. The molecule has 2 N–H and O–H groups in total. The van der Waals surface area contributed by atoms with Crippen molar-refractivity contribution < 1.29 is 14.4 Å². The molecular weight excluding hydrogens is 456 g/mol. The molecule has 1 fully saturated rings. The van der Waals surface area contributed by atoms with Crippen LogP contribution in [-0.2, 0) is 15.0 Å². The summed E-state index contributed by atoms with van der Waals surface area (Å²) >= 11 is 0. The van der Waals surface area contributed by atoms with E-state index in [1.807, 2.05) is 44.2 Å². The number of H-pyrrole nitrogens is 1. The first-order chi connectivity index (χ1) is 17.2. The van der Waals surface area contributed by atoms with Gasteiger partial charge in [0.2, 0.25) is 11.8 Å². The summed E-state index contributed by atoms with van der Waals surface area (Å²) in [4.78, 5) is 43.5. The molecule has 36 heavy (non-hydrogen) atoms. The molecule has 0 unspecified atom stereocenters. The molecule has 0 bridgehead atoms. The smallest absolute Gasteiger partial charge is 0.254 e. The van der Waals surface area contributed by atoms with Crippen LogP contribution in [0.3, 0.4) is 0 Å². The number of nitrogens with zero attached hydrogens (tertiary/aromatic N) is 4. The fourth-order valence-corrected chi connectivity index (χ4v) is 5.46. The zero-order valence-electron chi connectivity index (χ0n) is 20.5. The van der Waals surface area contributed by atoms with E-state index in [-0.39, 0.29) is 36.6 Å². The van der Waals surface area contributed by atoms with Crippen molar-refractivity contribution >= 4 is 34.3 Å². The number of aromatic nitrogens is 2. The van der Waals surface area contributed by atoms with Gasteiger partial charge in [0.05, 0.1) is 23.2 Å². The van der Waals surface area contributed by atoms with Crippen LogP contribution < -0.4 is 5.32 Å². The van der Waals surface area contributed by atoms with Crippen LogP contribution in [0.15, 0.2) is 48.7 Å². The fraction of sp³-hybridized carbons (Fsp3) is 0.370. The highest BCUT2D eigenvalue weighted by molar-refractivity contribution is 6.07. The Morgan fingerprint density at radius 3 is 2.81 bits per heavy atom. The second kappa shape index (κ2) is 8.79. The van der Waals surface area contributed by atoms with Crippen LogP contribution in [0.2, 0.25) is 0 Å². The topological polar surface area (TPSA) is 122 Å². The lowest BCUT2D eigenvalue weighted by Crippen LogP contribution is -2.52. The quantitative estimate of drug-likeness (QED) is 0.576. The van der Waals surface area contributed by atoms with E-state index in [9.17, 15) is 19.6 Å². The maximum absolute atomic E-state index is 14.0. The highest BCUT2D eigenvalue weighted by atomic mass is 16.2. The summed E-state index contributed by atoms with van der Waals surface area (Å²) in [6.45, 7) is 4.08. The molecule has 2 aromatic carbocycles. The predicted octanol–water partition coefficient (Wildman–Crippen LogP) is 3.06. The van der Waals surface area contributed by atoms with Crippen molar-refractivity contribution in [2.24, 2.45) is 5.92 Å². The van der Waals surface area contributed by atoms with E-state index in [1.165, 1.54) is 9.80 Å². The highest BCUT2D eigenvalue weighted by Crippen LogP contribution is 2.46. The molecule has 3 heterocycles. The van der Waals surface area contributed by atoms with Gasteiger partial charge in [0.25, 0.3) is 5.91 Å². The van der Waals surface area contributed by atoms with Gasteiger partial charge < -0.3 is 15.1 Å². The molecule has 0 radical (unpaired) electrons. The highest BCUT2D eigenvalue weighted by Gasteiger charge is 2.56. The van der Waals surface area contributed by atoms with Crippen molar-refractivity contribution in [2.75, 3.05) is 18.9 Å². The Morgan fingerprint density at radius 1 is 1.28 bits per heavy atom. The predicted molar refractivity (Wildman–Crippen MR) is 134 cm³/mol. The van der Waals surface area contributed by atoms with Crippen LogP contribution in [0.4, 0.5) is 5.69 Å². The van der Waals surface area contributed by atoms with E-state index in [0.29, 0.717) is 17.7 Å². The summed E-state index contributed by atoms with van der Waals surface area (Å²) in [7, 11) is 1.62. The van der Waals surface area contributed by atoms with Gasteiger partial charge in [-0.25, -0.2) is 0 Å². The third-order valence-electron chi connectivity index (χ3n) is 7.37. The number of carbonyl (C=O) groups excluding carboxylic acids is 3. The number of anilines is 1. The fourth-order valence-electron chi connectivity index (χ4n) is 5.46. The minimum absolute atomic E-state index is 0.101. The zero-order valence-corrected chi connectivity index (χ0v) is 20.5. The van der Waals surface area contributed by atoms with Crippen molar-refractivity contribution in [3.8, 4) is 6.07 Å². The average molecular weight is 485 g/mol. The minimum atomic E-state index is -0.969. The van der Waals surface area contributed by atoms with Crippen LogP contribution in [-0.4, -0.2) is 63.4 Å². The van der Waals surface area contributed by atoms with Gasteiger partial charge in [-0.1, -0.05) is 38.1 Å². The number of para-hydroxylation sites is 1. The Kier molecular flexibility index (Phi) is 5.75. The molecule has 3 amide bonds. The van der Waals surface area contributed by atoms with Gasteiger partial charge in [0.15, 0.2) is 0 Å². The van der Waals surface area contributed by atoms with Crippen LogP contribution in [0.1, 0.15) is 42.6 Å². The van der Waals surface area contributed by atoms with Gasteiger partial charge in [-0.05, 0) is 36.1 Å². The van der Waals surface area contributed by atoms with E-state index in [1.54, 1.807) is 25.4 Å². The molecule has 3 aromatic rings. The summed E-state index contributed by atoms with van der Waals surface area (Å²) in [5.41, 5.74) is 1.73. The Bertz CT molecular complexity index is 1410. The van der Waals surface area contributed by atoms with Crippen LogP contribution in [0.25, 0.3) is 10.9 Å². The third-order valence-corrected chi connectivity index (χ3v) is 7.37. The van der Waals surface area contributed by atoms with Crippen molar-refractivity contribution in [2.45, 2.75) is 44.2 Å². The summed E-state index contributed by atoms with van der Waals surface area (Å²) < 4.78 is 0. The zero-order chi connectivity index (χ0) is 25.6. The molecule has 0 aliphatic carbocycles. The number of fused-ring (bicyclic) bond motifs is 3. The van der Waals surface area contributed by atoms with E-state index >= 15 is 0 Å². The SMILES string of the molecule is CC(C)C[C@@H](C(=O)N1C[C@]2(C[C@H]1C#N)C(=O)Nc1ccccc12)N(C)C(=O)c1ccc2cn[nH]c2c1. The van der Waals surface area contributed by atoms with Crippen molar-refractivity contribution in [3.05, 3.63) is 59.8 Å². The monoisotopic (exact) mass is 484 g/mol. The van der Waals surface area contributed by atoms with Gasteiger partial charge in [0.1, 0.15) is 12.1 Å². The molecular formula is C27H28N6O3. The van der Waals surface area contributed by atoms with Crippen molar-refractivity contribution in [1.29, 1.82) is 5.26 Å². The van der Waals surface area contributed by atoms with Crippen molar-refractivity contribution in [3.63, 3.8) is 0 Å². The molecule has 5 rings (SSSR count). The summed E-state index contributed by atoms with van der Waals surface area (Å²) in [5, 5.41) is 20.6. The van der Waals surface area contributed by atoms with Gasteiger partial charge in [-0.15, -0.1) is 0 Å². The number of carbonyl (C=O) groups is 3. The van der Waals surface area contributed by atoms with Crippen LogP contribution >= 0.6 is 0 Å². The first-order valence-corrected chi connectivity index (χ1v) is 12.1. The molecule has 2 aliphatic heterocycles. The Balaban J connectivity index is 1.46. The molecule has 3 atom stereocenters. The normalized spacial score (nSPS) is 21.5. The molecule has 2 aliphatic rings. The molecule has 1 aromatic heterocycles. The number of hydrogen-bond donors (Lipinski definition) is 2. The number of nitrogens with one attached hydrogen (secondary N) is 2. The number of aromatic amines is 1. The maximum Gasteiger partial charge on any atom is 0.254 e. The lowest BCUT2D eigenvalue weighted by Gasteiger charge is -2.33. The first-order valence-electron chi connectivity index (χ1n) is 12.1. The first kappa shape index (κ1) is 23.5. The van der Waals surface area contributed by atoms with Gasteiger partial charge in [0, 0.05) is 36.7 Å². The molecule has 184 valence electrons. The van der Waals surface area contributed by atoms with E-state index < -0.39 is 17.5 Å². The number of likely N-dealkylation sites (N-methyl/N-ethyl adjacent to an activating group) is 1. The summed E-state index contributed by atoms with van der Waals surface area (Å²) in [5.74, 6) is -0.687. The summed E-state index contributed by atoms with van der Waals surface area (Å²) in [6, 6.07) is 13.4. The largest absolute Gasteiger partial charge is 0.330 e. The summed E-state index contributed by atoms with van der Waals surface area (Å²) in [6.07, 6.45) is 2.33. The second-order valence-electron chi connectivity index (χ2n) is 10.1. The third kappa shape index (κ3) is 3.70. The maximum atomic E-state index is 14.0. The molecule has 0 saturated carbocycles. The Morgan fingerprint density at radius 2 is 2.06 bits per heavy atom. The van der Waals surface area contributed by atoms with E-state index in [4.69, 9.17) is 0 Å². The molecule has 9 heteroatoms. The van der Waals surface area contributed by atoms with Crippen LogP contribution in [0.5, 0.6) is 0 Å². The average Bonchev–Trinajstić information content (AvgIpc) is 3.57. The number of amides is 3. The standard InChI is InChI=1S/C27H28N6O3/c1-16(2)10-23(32(3)24(34)17-8-9-18-14-29-31-22(18)11-17)25(35)33-15-27(12-19(33)13-28)20-6-4-5-7-21(20)30-26(27)36/h4-9,11,14,16,19,23H,10,12,15H2,1-3H3,(H,29,31)(H,30,36)/t19-,23-,27-/m0/s1. The van der Waals surface area contributed by atoms with Crippen molar-refractivity contribution in [1.82, 2.24) is 20.0 Å². The Labute approximate surface area is 209 Å².